The van der Waals surface area contributed by atoms with Crippen LogP contribution in [0.4, 0.5) is 0 Å². The molecule has 0 N–H and O–H groups in total. The van der Waals surface area contributed by atoms with Gasteiger partial charge in [0.05, 0.1) is 5.25 Å². The first-order valence-corrected chi connectivity index (χ1v) is 9.26. The Hall–Kier alpha value is 0.360. The fraction of sp³-hybridized carbons (Fsp3) is 0.692. The molecule has 0 bridgehead atoms. The molecule has 1 aromatic heterocycles. The molecule has 6 heteroatoms. The second-order valence-corrected chi connectivity index (χ2v) is 8.47. The van der Waals surface area contributed by atoms with Crippen LogP contribution >= 0.6 is 46.7 Å². The van der Waals surface area contributed by atoms with Crippen molar-refractivity contribution in [2.24, 2.45) is 0 Å². The number of aromatic nitrogens is 2. The van der Waals surface area contributed by atoms with Gasteiger partial charge in [-0.1, -0.05) is 50.4 Å². The van der Waals surface area contributed by atoms with Crippen molar-refractivity contribution in [2.45, 2.75) is 49.4 Å². The van der Waals surface area contributed by atoms with E-state index in [2.05, 4.69) is 30.7 Å². The molecule has 3 unspecified atom stereocenters. The molecule has 0 saturated carbocycles. The zero-order chi connectivity index (χ0) is 14.0. The van der Waals surface area contributed by atoms with E-state index in [0.29, 0.717) is 26.1 Å². The van der Waals surface area contributed by atoms with Gasteiger partial charge in [-0.05, 0) is 6.42 Å². The summed E-state index contributed by atoms with van der Waals surface area (Å²) in [5.74, 6) is 1.81. The van der Waals surface area contributed by atoms with E-state index in [9.17, 15) is 0 Å². The Labute approximate surface area is 133 Å². The lowest BCUT2D eigenvalue weighted by molar-refractivity contribution is 0.840. The quantitative estimate of drug-likeness (QED) is 0.722. The van der Waals surface area contributed by atoms with E-state index in [1.165, 1.54) is 0 Å². The number of hydrogen-bond donors (Lipinski definition) is 0. The van der Waals surface area contributed by atoms with Crippen molar-refractivity contribution in [2.75, 3.05) is 5.75 Å². The smallest absolute Gasteiger partial charge is 0.145 e. The van der Waals surface area contributed by atoms with Gasteiger partial charge < -0.3 is 0 Å². The fourth-order valence-corrected chi connectivity index (χ4v) is 5.40. The maximum absolute atomic E-state index is 6.25. The summed E-state index contributed by atoms with van der Waals surface area (Å²) < 4.78 is 0. The average Bonchev–Trinajstić information content (AvgIpc) is 2.37. The van der Waals surface area contributed by atoms with Crippen LogP contribution in [0.5, 0.6) is 0 Å². The summed E-state index contributed by atoms with van der Waals surface area (Å²) >= 11 is 16.4. The summed E-state index contributed by atoms with van der Waals surface area (Å²) in [6.45, 7) is 6.62. The highest BCUT2D eigenvalue weighted by Gasteiger charge is 2.29. The third-order valence-electron chi connectivity index (χ3n) is 3.26. The minimum Gasteiger partial charge on any atom is -0.220 e. The van der Waals surface area contributed by atoms with E-state index >= 15 is 0 Å². The standard InChI is InChI=1S/C13H18Cl2N2S2/c1-4-5-9-11(14)16-13(17-12(9)15)10-6-18-7(2)8(3)19-10/h7-8,10H,4-6H2,1-3H3. The Morgan fingerprint density at radius 2 is 1.79 bits per heavy atom. The van der Waals surface area contributed by atoms with Gasteiger partial charge in [0.1, 0.15) is 16.1 Å². The molecule has 0 aromatic carbocycles. The highest BCUT2D eigenvalue weighted by atomic mass is 35.5. The van der Waals surface area contributed by atoms with Crippen molar-refractivity contribution in [1.82, 2.24) is 9.97 Å². The Morgan fingerprint density at radius 1 is 1.16 bits per heavy atom. The number of thioether (sulfide) groups is 2. The molecule has 3 atom stereocenters. The molecule has 19 heavy (non-hydrogen) atoms. The Bertz CT molecular complexity index is 433. The van der Waals surface area contributed by atoms with E-state index < -0.39 is 0 Å². The highest BCUT2D eigenvalue weighted by molar-refractivity contribution is 8.07. The fourth-order valence-electron chi connectivity index (χ4n) is 1.97. The summed E-state index contributed by atoms with van der Waals surface area (Å²) in [6, 6.07) is 0. The van der Waals surface area contributed by atoms with E-state index in [1.807, 2.05) is 23.5 Å². The predicted molar refractivity (Wildman–Crippen MR) is 87.8 cm³/mol. The van der Waals surface area contributed by atoms with Crippen LogP contribution in [0.15, 0.2) is 0 Å². The van der Waals surface area contributed by atoms with Crippen LogP contribution in [0, 0.1) is 0 Å². The summed E-state index contributed by atoms with van der Waals surface area (Å²) in [5, 5.41) is 2.61. The molecule has 2 rings (SSSR count). The zero-order valence-electron chi connectivity index (χ0n) is 11.3. The lowest BCUT2D eigenvalue weighted by atomic mass is 10.2. The Morgan fingerprint density at radius 3 is 2.32 bits per heavy atom. The lowest BCUT2D eigenvalue weighted by Crippen LogP contribution is -2.23. The summed E-state index contributed by atoms with van der Waals surface area (Å²) in [7, 11) is 0. The van der Waals surface area contributed by atoms with Crippen molar-refractivity contribution < 1.29 is 0 Å². The van der Waals surface area contributed by atoms with E-state index in [1.54, 1.807) is 0 Å². The van der Waals surface area contributed by atoms with Crippen molar-refractivity contribution in [3.05, 3.63) is 21.7 Å². The molecule has 1 aromatic rings. The second kappa shape index (κ2) is 6.88. The molecule has 106 valence electrons. The number of halogens is 2. The minimum atomic E-state index is 0.293. The van der Waals surface area contributed by atoms with E-state index in [0.717, 1.165) is 30.0 Å². The SMILES string of the molecule is CCCc1c(Cl)nc(C2CSC(C)C(C)S2)nc1Cl. The molecule has 0 aliphatic carbocycles. The second-order valence-electron chi connectivity index (χ2n) is 4.76. The third-order valence-corrected chi connectivity index (χ3v) is 7.27. The maximum atomic E-state index is 6.25. The Kier molecular flexibility index (Phi) is 5.70. The van der Waals surface area contributed by atoms with Crippen LogP contribution in [-0.2, 0) is 6.42 Å². The average molecular weight is 337 g/mol. The molecule has 1 saturated heterocycles. The van der Waals surface area contributed by atoms with Crippen molar-refractivity contribution in [3.8, 4) is 0 Å². The molecule has 1 aliphatic rings. The van der Waals surface area contributed by atoms with Crippen LogP contribution in [0.25, 0.3) is 0 Å². The van der Waals surface area contributed by atoms with Gasteiger partial charge in [-0.25, -0.2) is 9.97 Å². The third kappa shape index (κ3) is 3.72. The first kappa shape index (κ1) is 15.7. The van der Waals surface area contributed by atoms with Crippen molar-refractivity contribution in [3.63, 3.8) is 0 Å². The van der Waals surface area contributed by atoms with Crippen LogP contribution in [0.3, 0.4) is 0 Å². The number of rotatable bonds is 3. The van der Waals surface area contributed by atoms with Gasteiger partial charge in [0.2, 0.25) is 0 Å². The van der Waals surface area contributed by atoms with E-state index in [4.69, 9.17) is 23.2 Å². The summed E-state index contributed by atoms with van der Waals surface area (Å²) in [4.78, 5) is 8.94. The molecular formula is C13H18Cl2N2S2. The van der Waals surface area contributed by atoms with E-state index in [-0.39, 0.29) is 0 Å². The zero-order valence-corrected chi connectivity index (χ0v) is 14.5. The van der Waals surface area contributed by atoms with Crippen LogP contribution < -0.4 is 0 Å². The molecule has 0 amide bonds. The minimum absolute atomic E-state index is 0.293. The largest absolute Gasteiger partial charge is 0.220 e. The van der Waals surface area contributed by atoms with Gasteiger partial charge in [-0.2, -0.15) is 11.8 Å². The van der Waals surface area contributed by atoms with Crippen molar-refractivity contribution in [1.29, 1.82) is 0 Å². The molecule has 2 nitrogen and oxygen atoms in total. The topological polar surface area (TPSA) is 25.8 Å². The molecule has 1 fully saturated rings. The normalized spacial score (nSPS) is 27.5. The Balaban J connectivity index is 2.22. The molecule has 1 aliphatic heterocycles. The van der Waals surface area contributed by atoms with Crippen LogP contribution in [0.2, 0.25) is 10.3 Å². The summed E-state index contributed by atoms with van der Waals surface area (Å²) in [6.07, 6.45) is 1.82. The molecule has 0 radical (unpaired) electrons. The van der Waals surface area contributed by atoms with Crippen molar-refractivity contribution >= 4 is 46.7 Å². The van der Waals surface area contributed by atoms with Gasteiger partial charge in [0, 0.05) is 21.8 Å². The van der Waals surface area contributed by atoms with Gasteiger partial charge in [-0.3, -0.25) is 0 Å². The molecular weight excluding hydrogens is 319 g/mol. The van der Waals surface area contributed by atoms with Gasteiger partial charge >= 0.3 is 0 Å². The monoisotopic (exact) mass is 336 g/mol. The lowest BCUT2D eigenvalue weighted by Gasteiger charge is -2.30. The molecule has 0 spiro atoms. The van der Waals surface area contributed by atoms with Crippen LogP contribution in [-0.4, -0.2) is 26.2 Å². The first-order chi connectivity index (χ1) is 9.02. The highest BCUT2D eigenvalue weighted by Crippen LogP contribution is 2.43. The molecule has 2 heterocycles. The number of hydrogen-bond acceptors (Lipinski definition) is 4. The summed E-state index contributed by atoms with van der Waals surface area (Å²) in [5.41, 5.74) is 0.879. The number of nitrogens with zero attached hydrogens (tertiary/aromatic N) is 2. The van der Waals surface area contributed by atoms with Gasteiger partial charge in [0.15, 0.2) is 0 Å². The maximum Gasteiger partial charge on any atom is 0.145 e. The predicted octanol–water partition coefficient (Wildman–Crippen LogP) is 5.03. The van der Waals surface area contributed by atoms with Gasteiger partial charge in [0.25, 0.3) is 0 Å². The van der Waals surface area contributed by atoms with Gasteiger partial charge in [-0.15, -0.1) is 11.8 Å². The first-order valence-electron chi connectivity index (χ1n) is 6.51. The van der Waals surface area contributed by atoms with Crippen LogP contribution in [0.1, 0.15) is 43.8 Å².